The Morgan fingerprint density at radius 2 is 2.28 bits per heavy atom. The number of rotatable bonds is 7. The van der Waals surface area contributed by atoms with Crippen molar-refractivity contribution < 1.29 is 4.43 Å². The van der Waals surface area contributed by atoms with Crippen LogP contribution >= 0.6 is 25.3 Å². The highest BCUT2D eigenvalue weighted by molar-refractivity contribution is 7.96. The predicted octanol–water partition coefficient (Wildman–Crippen LogP) is 1.97. The highest BCUT2D eigenvalue weighted by Gasteiger charge is 2.22. The second kappa shape index (κ2) is 7.54. The van der Waals surface area contributed by atoms with Crippen LogP contribution in [0.15, 0.2) is 9.98 Å². The van der Waals surface area contributed by atoms with Crippen molar-refractivity contribution in [2.75, 3.05) is 13.2 Å². The van der Waals surface area contributed by atoms with Gasteiger partial charge in [-0.3, -0.25) is 5.01 Å². The summed E-state index contributed by atoms with van der Waals surface area (Å²) in [6.07, 6.45) is 2.53. The van der Waals surface area contributed by atoms with E-state index in [-0.39, 0.29) is 5.50 Å². The molecule has 0 radical (unpaired) electrons. The van der Waals surface area contributed by atoms with Gasteiger partial charge in [-0.2, -0.15) is 0 Å². The summed E-state index contributed by atoms with van der Waals surface area (Å²) in [5, 5.41) is 2.34. The zero-order valence-electron chi connectivity index (χ0n) is 11.1. The SMILES string of the molecule is CCO[Si](C)(C)CCCNN1C(S)=NC=NC1S. The quantitative estimate of drug-likeness (QED) is 0.383. The molecular formula is C10H22N4OS2Si. The van der Waals surface area contributed by atoms with Crippen LogP contribution in [0.3, 0.4) is 0 Å². The topological polar surface area (TPSA) is 49.2 Å². The maximum Gasteiger partial charge on any atom is 0.186 e. The Labute approximate surface area is 121 Å². The number of hydrogen-bond acceptors (Lipinski definition) is 6. The number of amidine groups is 1. The average Bonchev–Trinajstić information content (AvgIpc) is 2.27. The fourth-order valence-corrected chi connectivity index (χ4v) is 4.23. The number of nitrogens with one attached hydrogen (secondary N) is 1. The van der Waals surface area contributed by atoms with Crippen molar-refractivity contribution in [1.82, 2.24) is 10.4 Å². The predicted molar refractivity (Wildman–Crippen MR) is 86.1 cm³/mol. The van der Waals surface area contributed by atoms with Crippen molar-refractivity contribution in [2.45, 2.75) is 38.0 Å². The Kier molecular flexibility index (Phi) is 6.71. The van der Waals surface area contributed by atoms with Gasteiger partial charge >= 0.3 is 0 Å². The molecule has 1 rings (SSSR count). The van der Waals surface area contributed by atoms with E-state index < -0.39 is 8.32 Å². The molecule has 0 aromatic rings. The lowest BCUT2D eigenvalue weighted by Gasteiger charge is -2.29. The third kappa shape index (κ3) is 5.31. The van der Waals surface area contributed by atoms with E-state index in [4.69, 9.17) is 4.43 Å². The fourth-order valence-electron chi connectivity index (χ4n) is 1.71. The summed E-state index contributed by atoms with van der Waals surface area (Å²) in [4.78, 5) is 8.08. The number of hydrazine groups is 1. The summed E-state index contributed by atoms with van der Waals surface area (Å²) >= 11 is 8.59. The second-order valence-corrected chi connectivity index (χ2v) is 9.78. The first kappa shape index (κ1) is 16.0. The van der Waals surface area contributed by atoms with Gasteiger partial charge in [-0.05, 0) is 32.5 Å². The number of aliphatic imine (C=N–C) groups is 2. The van der Waals surface area contributed by atoms with Crippen LogP contribution in [0, 0.1) is 0 Å². The Balaban J connectivity index is 2.26. The molecule has 8 heteroatoms. The second-order valence-electron chi connectivity index (χ2n) is 4.61. The first-order chi connectivity index (χ1) is 8.46. The fraction of sp³-hybridized carbons (Fsp3) is 0.800. The molecule has 0 fully saturated rings. The Morgan fingerprint density at radius 1 is 1.56 bits per heavy atom. The van der Waals surface area contributed by atoms with Crippen molar-refractivity contribution in [3.63, 3.8) is 0 Å². The minimum absolute atomic E-state index is 0.257. The zero-order chi connectivity index (χ0) is 13.6. The monoisotopic (exact) mass is 306 g/mol. The maximum atomic E-state index is 5.78. The molecule has 5 nitrogen and oxygen atoms in total. The molecule has 0 saturated carbocycles. The van der Waals surface area contributed by atoms with E-state index in [1.807, 2.05) is 6.92 Å². The lowest BCUT2D eigenvalue weighted by Crippen LogP contribution is -2.47. The first-order valence-electron chi connectivity index (χ1n) is 6.09. The highest BCUT2D eigenvalue weighted by Crippen LogP contribution is 2.14. The lowest BCUT2D eigenvalue weighted by molar-refractivity contribution is 0.295. The summed E-state index contributed by atoms with van der Waals surface area (Å²) in [5.74, 6) is 0. The molecule has 0 spiro atoms. The molecule has 0 bridgehead atoms. The number of nitrogens with zero attached hydrogens (tertiary/aromatic N) is 3. The van der Waals surface area contributed by atoms with E-state index in [0.29, 0.717) is 5.17 Å². The molecule has 104 valence electrons. The number of thiol groups is 2. The molecule has 1 N–H and O–H groups in total. The van der Waals surface area contributed by atoms with Crippen LogP contribution in [0.4, 0.5) is 0 Å². The molecular weight excluding hydrogens is 284 g/mol. The van der Waals surface area contributed by atoms with E-state index in [9.17, 15) is 0 Å². The summed E-state index contributed by atoms with van der Waals surface area (Å²) in [5.41, 5.74) is 2.98. The zero-order valence-corrected chi connectivity index (χ0v) is 13.9. The minimum atomic E-state index is -1.48. The number of hydrogen-bond donors (Lipinski definition) is 3. The van der Waals surface area contributed by atoms with Crippen LogP contribution in [0.25, 0.3) is 0 Å². The van der Waals surface area contributed by atoms with E-state index >= 15 is 0 Å². The van der Waals surface area contributed by atoms with Crippen LogP contribution < -0.4 is 5.43 Å². The van der Waals surface area contributed by atoms with Crippen LogP contribution in [0.2, 0.25) is 19.1 Å². The smallest absolute Gasteiger partial charge is 0.186 e. The molecule has 1 atom stereocenters. The summed E-state index contributed by atoms with van der Waals surface area (Å²) in [7, 11) is -1.48. The van der Waals surface area contributed by atoms with E-state index in [2.05, 4.69) is 53.8 Å². The van der Waals surface area contributed by atoms with Crippen LogP contribution in [-0.2, 0) is 4.43 Å². The van der Waals surface area contributed by atoms with Crippen molar-refractivity contribution in [2.24, 2.45) is 9.98 Å². The van der Waals surface area contributed by atoms with Gasteiger partial charge in [-0.25, -0.2) is 15.4 Å². The van der Waals surface area contributed by atoms with Crippen molar-refractivity contribution in [3.8, 4) is 0 Å². The van der Waals surface area contributed by atoms with Crippen LogP contribution in [0.1, 0.15) is 13.3 Å². The van der Waals surface area contributed by atoms with Gasteiger partial charge < -0.3 is 4.43 Å². The molecule has 1 unspecified atom stereocenters. The van der Waals surface area contributed by atoms with Crippen molar-refractivity contribution in [3.05, 3.63) is 0 Å². The van der Waals surface area contributed by atoms with Gasteiger partial charge in [0.25, 0.3) is 0 Å². The third-order valence-electron chi connectivity index (χ3n) is 2.59. The third-order valence-corrected chi connectivity index (χ3v) is 5.92. The molecule has 0 amide bonds. The van der Waals surface area contributed by atoms with Gasteiger partial charge in [0, 0.05) is 13.2 Å². The summed E-state index contributed by atoms with van der Waals surface area (Å²) < 4.78 is 5.78. The first-order valence-corrected chi connectivity index (χ1v) is 10.2. The highest BCUT2D eigenvalue weighted by atomic mass is 32.1. The van der Waals surface area contributed by atoms with Gasteiger partial charge in [-0.1, -0.05) is 0 Å². The van der Waals surface area contributed by atoms with E-state index in [0.717, 1.165) is 25.6 Å². The lowest BCUT2D eigenvalue weighted by atomic mass is 10.5. The Morgan fingerprint density at radius 3 is 2.89 bits per heavy atom. The summed E-state index contributed by atoms with van der Waals surface area (Å²) in [6.45, 7) is 8.19. The van der Waals surface area contributed by atoms with Gasteiger partial charge in [-0.15, -0.1) is 25.3 Å². The van der Waals surface area contributed by atoms with Gasteiger partial charge in [0.15, 0.2) is 19.0 Å². The molecule has 0 saturated heterocycles. The normalized spacial score (nSPS) is 20.2. The summed E-state index contributed by atoms with van der Waals surface area (Å²) in [6, 6.07) is 1.13. The average molecular weight is 307 g/mol. The molecule has 18 heavy (non-hydrogen) atoms. The van der Waals surface area contributed by atoms with Gasteiger partial charge in [0.05, 0.1) is 0 Å². The molecule has 0 aromatic heterocycles. The Bertz CT molecular complexity index is 325. The standard InChI is InChI=1S/C10H22N4OS2Si/c1-4-15-18(2,3)7-5-6-13-14-9(16)11-8-12-10(14)17/h8-9,13,16H,4-7H2,1-3H3,(H,11,12,17). The maximum absolute atomic E-state index is 5.78. The molecule has 1 aliphatic rings. The van der Waals surface area contributed by atoms with Crippen LogP contribution in [-0.4, -0.2) is 43.5 Å². The molecule has 0 aromatic carbocycles. The minimum Gasteiger partial charge on any atom is -0.418 e. The van der Waals surface area contributed by atoms with Crippen molar-refractivity contribution >= 4 is 45.1 Å². The largest absolute Gasteiger partial charge is 0.418 e. The Hall–Kier alpha value is -0.0231. The molecule has 0 aliphatic carbocycles. The van der Waals surface area contributed by atoms with Gasteiger partial charge in [0.1, 0.15) is 6.34 Å². The van der Waals surface area contributed by atoms with Gasteiger partial charge in [0.2, 0.25) is 0 Å². The molecule has 1 aliphatic heterocycles. The van der Waals surface area contributed by atoms with E-state index in [1.165, 1.54) is 6.34 Å². The van der Waals surface area contributed by atoms with Crippen molar-refractivity contribution in [1.29, 1.82) is 0 Å². The van der Waals surface area contributed by atoms with E-state index in [1.54, 1.807) is 5.01 Å². The molecule has 1 heterocycles. The van der Waals surface area contributed by atoms with Crippen LogP contribution in [0.5, 0.6) is 0 Å².